The number of nitrogens with two attached hydrogens (primary N) is 11. The van der Waals surface area contributed by atoms with Crippen LogP contribution in [-0.4, -0.2) is 295 Å². The fourth-order valence-corrected chi connectivity index (χ4v) is 14.6. The van der Waals surface area contributed by atoms with Gasteiger partial charge in [-0.3, -0.25) is 96.5 Å². The molecule has 17 atom stereocenters. The van der Waals surface area contributed by atoms with E-state index in [1.165, 1.54) is 23.6 Å². The van der Waals surface area contributed by atoms with Gasteiger partial charge in [-0.05, 0) is 186 Å². The predicted octanol–water partition coefficient (Wildman–Crippen LogP) is -7.92. The summed E-state index contributed by atoms with van der Waals surface area (Å²) in [5, 5.41) is 45.9. The topological polar surface area (TPSA) is 826 Å². The van der Waals surface area contributed by atoms with Gasteiger partial charge in [0.05, 0.1) is 19.1 Å². The van der Waals surface area contributed by atoms with Gasteiger partial charge >= 0.3 is 5.97 Å². The first-order chi connectivity index (χ1) is 62.8. The van der Waals surface area contributed by atoms with Gasteiger partial charge in [0.15, 0.2) is 17.9 Å². The van der Waals surface area contributed by atoms with Crippen LogP contribution in [0.4, 0.5) is 0 Å². The fourth-order valence-electron chi connectivity index (χ4n) is 14.6. The van der Waals surface area contributed by atoms with Crippen LogP contribution in [0.25, 0.3) is 0 Å². The zero-order valence-electron chi connectivity index (χ0n) is 78.9. The summed E-state index contributed by atoms with van der Waals surface area (Å²) in [5.74, 6) is -17.8. The van der Waals surface area contributed by atoms with E-state index < -0.39 is 241 Å². The van der Waals surface area contributed by atoms with Crippen molar-refractivity contribution in [3.63, 3.8) is 0 Å². The Labute approximate surface area is 777 Å². The van der Waals surface area contributed by atoms with Crippen LogP contribution in [0.5, 0.6) is 0 Å². The normalized spacial score (nSPS) is 16.8. The molecule has 49 heteroatoms. The van der Waals surface area contributed by atoms with Crippen molar-refractivity contribution in [3.8, 4) is 0 Å². The molecule has 2 rings (SSSR count). The second kappa shape index (κ2) is 62.5. The average Bonchev–Trinajstić information content (AvgIpc) is 1.66. The molecule has 0 aromatic heterocycles. The van der Waals surface area contributed by atoms with Crippen LogP contribution < -0.4 is 138 Å². The number of aliphatic carboxylic acids is 1. The van der Waals surface area contributed by atoms with Crippen LogP contribution in [0.1, 0.15) is 223 Å². The maximum Gasteiger partial charge on any atom is 0.326 e. The molecule has 37 N–H and O–H groups in total. The number of unbranched alkanes of at least 4 members (excludes halogenated alkanes) is 3. The summed E-state index contributed by atoms with van der Waals surface area (Å²) in [5.41, 5.74) is 62.2. The third-order valence-corrected chi connectivity index (χ3v) is 22.7. The van der Waals surface area contributed by atoms with Gasteiger partial charge in [-0.1, -0.05) is 74.7 Å². The van der Waals surface area contributed by atoms with Crippen LogP contribution in [0.3, 0.4) is 0 Å². The van der Waals surface area contributed by atoms with Crippen LogP contribution in [0.2, 0.25) is 0 Å². The maximum atomic E-state index is 14.6. The van der Waals surface area contributed by atoms with E-state index in [0.29, 0.717) is 64.3 Å². The average molecular weight is 1890 g/mol. The van der Waals surface area contributed by atoms with Gasteiger partial charge in [0.1, 0.15) is 84.6 Å². The Kier molecular flexibility index (Phi) is 55.1. The van der Waals surface area contributed by atoms with E-state index >= 15 is 0 Å². The summed E-state index contributed by atoms with van der Waals surface area (Å²) >= 11 is 0. The van der Waals surface area contributed by atoms with Gasteiger partial charge in [-0.15, -0.1) is 0 Å². The number of amides is 17. The molecule has 2 aliphatic rings. The summed E-state index contributed by atoms with van der Waals surface area (Å²) in [7, 11) is 0. The number of aliphatic imine (C=N–C) groups is 3. The van der Waals surface area contributed by atoms with Gasteiger partial charge in [0.2, 0.25) is 100 Å². The van der Waals surface area contributed by atoms with Crippen molar-refractivity contribution in [1.29, 1.82) is 0 Å². The van der Waals surface area contributed by atoms with Gasteiger partial charge < -0.3 is 152 Å². The lowest BCUT2D eigenvalue weighted by Crippen LogP contribution is -2.60. The van der Waals surface area contributed by atoms with Gasteiger partial charge in [-0.2, -0.15) is 0 Å². The molecule has 0 bridgehead atoms. The lowest BCUT2D eigenvalue weighted by molar-refractivity contribution is -0.148. The summed E-state index contributed by atoms with van der Waals surface area (Å²) in [6, 6.07) is -19.3. The fraction of sp³-hybridized carbons (Fsp3) is 0.750. The molecule has 17 amide bonds. The van der Waals surface area contributed by atoms with Gasteiger partial charge in [0, 0.05) is 39.1 Å². The monoisotopic (exact) mass is 1890 g/mol. The highest BCUT2D eigenvalue weighted by Crippen LogP contribution is 2.27. The van der Waals surface area contributed by atoms with Gasteiger partial charge in [0.25, 0.3) is 0 Å². The molecule has 2 heterocycles. The highest BCUT2D eigenvalue weighted by atomic mass is 16.4. The Balaban J connectivity index is 2.35. The van der Waals surface area contributed by atoms with Crippen LogP contribution in [0.15, 0.2) is 15.0 Å². The summed E-state index contributed by atoms with van der Waals surface area (Å²) < 4.78 is 0. The summed E-state index contributed by atoms with van der Waals surface area (Å²) in [4.78, 5) is 264. The van der Waals surface area contributed by atoms with E-state index in [1.54, 1.807) is 55.4 Å². The number of hydrogen-bond donors (Lipinski definition) is 26. The third kappa shape index (κ3) is 44.0. The number of hydrogen-bond acceptors (Lipinski definition) is 25. The number of carboxylic acid groups (broad SMARTS) is 1. The van der Waals surface area contributed by atoms with Crippen LogP contribution in [0, 0.1) is 23.7 Å². The number of nitrogens with one attached hydrogen (secondary N) is 14. The lowest BCUT2D eigenvalue weighted by Gasteiger charge is -2.33. The number of rotatable bonds is 65. The van der Waals surface area contributed by atoms with Crippen molar-refractivity contribution in [2.24, 2.45) is 102 Å². The second-order valence-electron chi connectivity index (χ2n) is 34.6. The van der Waals surface area contributed by atoms with E-state index in [0.717, 1.165) is 0 Å². The van der Waals surface area contributed by atoms with E-state index in [-0.39, 0.29) is 153 Å². The summed E-state index contributed by atoms with van der Waals surface area (Å²) in [6.07, 6.45) is 4.33. The standard InChI is InChI=1S/C84H154N30O19/c1-11-47(7)65(77(128)100-44-63(117)103-52(27-19-37-96-82(90)91)71(122)101-49(9)67(118)105-53(25-14-17-35-86)72(123)106-55(28-20-38-97-83(92)93)74(125)110-64(46(5)6)78(129)102-50(10)68(119)112-66(81(132)133)48(8)12-2)111-75(126)56(32-33-61(89)115)104-62(116)43-99-70(121)58(42-45(3)4)109-73(124)54(26-15-18-36-87)107-76(127)59-30-22-40-113(59)80(131)60-31-23-41-114(60)79(130)57(29-21-39-98-84(94)95)108-69(120)51(88)24-13-16-34-85/h45-60,64-66H,11-44,85-88H2,1-10H3,(H2,89,115)(H,99,121)(H,100,128)(H,101,122)(H,102,129)(H,103,117)(H,104,116)(H,105,118)(H,106,123)(H,107,127)(H,108,120)(H,109,124)(H,110,125)(H,111,126)(H,112,119)(H,132,133)(H4,90,91,96)(H4,92,93,97)(H4,94,95,98)/t47-,48-,49-,50-,51-,52-,53-,54-,55-,56-,57-,58-,59-,60-,64-,65-,66-/m0/s1. The highest BCUT2D eigenvalue weighted by Gasteiger charge is 2.46. The molecule has 2 aliphatic heterocycles. The Morgan fingerprint density at radius 3 is 1.22 bits per heavy atom. The van der Waals surface area contributed by atoms with Crippen LogP contribution >= 0.6 is 0 Å². The minimum Gasteiger partial charge on any atom is -0.480 e. The van der Waals surface area contributed by atoms with Crippen molar-refractivity contribution in [3.05, 3.63) is 0 Å². The zero-order chi connectivity index (χ0) is 100. The Morgan fingerprint density at radius 1 is 0.376 bits per heavy atom. The predicted molar refractivity (Wildman–Crippen MR) is 496 cm³/mol. The molecule has 0 aromatic rings. The van der Waals surface area contributed by atoms with E-state index in [9.17, 15) is 91.4 Å². The molecule has 133 heavy (non-hydrogen) atoms. The van der Waals surface area contributed by atoms with Crippen molar-refractivity contribution in [2.45, 2.75) is 314 Å². The minimum atomic E-state index is -1.59. The van der Waals surface area contributed by atoms with E-state index in [1.807, 2.05) is 0 Å². The second-order valence-corrected chi connectivity index (χ2v) is 34.6. The van der Waals surface area contributed by atoms with Gasteiger partial charge in [-0.25, -0.2) is 4.79 Å². The molecule has 0 saturated carbocycles. The minimum absolute atomic E-state index is 0.00131. The van der Waals surface area contributed by atoms with Crippen molar-refractivity contribution >= 4 is 124 Å². The molecule has 2 fully saturated rings. The lowest BCUT2D eigenvalue weighted by atomic mass is 9.97. The summed E-state index contributed by atoms with van der Waals surface area (Å²) in [6.45, 7) is 15.6. The number of carboxylic acids is 1. The molecule has 754 valence electrons. The first-order valence-electron chi connectivity index (χ1n) is 46.1. The molecule has 49 nitrogen and oxygen atoms in total. The molecule has 0 spiro atoms. The number of carbonyl (C=O) groups is 18. The SMILES string of the molecule is CC[C@H](C)[C@H](NC(=O)[C@H](C)NC(=O)[C@@H](NC(=O)[C@H](CCCN=C(N)N)NC(=O)[C@H](CCCCN)NC(=O)[C@H](C)NC(=O)[C@H](CCCN=C(N)N)NC(=O)CNC(=O)[C@@H](NC(=O)[C@H](CCC(N)=O)NC(=O)CNC(=O)[C@H](CC(C)C)NC(=O)[C@H](CCCCN)NC(=O)[C@@H]1CCCN1C(=O)[C@@H]1CCCN1C(=O)[C@H](CCCN=C(N)N)NC(=O)[C@@H](N)CCCCN)[C@@H](C)CC)C(C)C)C(=O)O. The number of guanidine groups is 3. The molecule has 0 unspecified atom stereocenters. The number of likely N-dealkylation sites (tertiary alicyclic amines) is 2. The molecular formula is C84H154N30O19. The Bertz CT molecular complexity index is 3920. The van der Waals surface area contributed by atoms with Crippen LogP contribution in [-0.2, 0) is 86.3 Å². The van der Waals surface area contributed by atoms with Crippen molar-refractivity contribution in [2.75, 3.05) is 65.4 Å². The molecular weight excluding hydrogens is 1730 g/mol. The molecule has 2 saturated heterocycles. The number of carbonyl (C=O) groups excluding carboxylic acids is 17. The molecule has 0 aromatic carbocycles. The molecule has 0 radical (unpaired) electrons. The van der Waals surface area contributed by atoms with E-state index in [2.05, 4.69) is 89.4 Å². The highest BCUT2D eigenvalue weighted by molar-refractivity contribution is 6.01. The zero-order valence-corrected chi connectivity index (χ0v) is 78.9. The largest absolute Gasteiger partial charge is 0.480 e. The number of primary amides is 1. The third-order valence-electron chi connectivity index (χ3n) is 22.7. The Morgan fingerprint density at radius 2 is 0.752 bits per heavy atom. The first-order valence-corrected chi connectivity index (χ1v) is 46.1. The van der Waals surface area contributed by atoms with Crippen molar-refractivity contribution in [1.82, 2.24) is 84.2 Å². The quantitative estimate of drug-likeness (QED) is 0.0153. The van der Waals surface area contributed by atoms with Crippen molar-refractivity contribution < 1.29 is 91.4 Å². The Hall–Kier alpha value is -11.9. The first kappa shape index (κ1) is 117. The smallest absolute Gasteiger partial charge is 0.326 e. The number of nitrogens with zero attached hydrogens (tertiary/aromatic N) is 5. The van der Waals surface area contributed by atoms with E-state index in [4.69, 9.17) is 63.1 Å². The molecule has 0 aliphatic carbocycles. The maximum absolute atomic E-state index is 14.6.